The lowest BCUT2D eigenvalue weighted by Gasteiger charge is -1.92. The van der Waals surface area contributed by atoms with Gasteiger partial charge in [-0.1, -0.05) is 6.08 Å². The molecule has 0 aromatic heterocycles. The number of hydrogen-bond donors (Lipinski definition) is 1. The Morgan fingerprint density at radius 3 is 2.25 bits per heavy atom. The second-order valence-electron chi connectivity index (χ2n) is 1.53. The molecule has 0 atom stereocenters. The number of aliphatic hydroxyl groups excluding tert-OH is 1. The molecule has 0 bridgehead atoms. The van der Waals surface area contributed by atoms with Crippen LogP contribution in [0.1, 0.15) is 13.8 Å². The van der Waals surface area contributed by atoms with Gasteiger partial charge < -0.3 is 5.11 Å². The van der Waals surface area contributed by atoms with Crippen molar-refractivity contribution in [3.8, 4) is 0 Å². The quantitative estimate of drug-likeness (QED) is 0.531. The summed E-state index contributed by atoms with van der Waals surface area (Å²) in [7, 11) is 0. The Hall–Kier alpha value is -0.630. The van der Waals surface area contributed by atoms with Crippen molar-refractivity contribution in [1.29, 1.82) is 0 Å². The number of hydrogen-bond acceptors (Lipinski definition) is 2. The second kappa shape index (κ2) is 3.38. The Kier molecular flexibility index (Phi) is 3.12. The van der Waals surface area contributed by atoms with Gasteiger partial charge in [0.2, 0.25) is 0 Å². The Labute approximate surface area is 48.8 Å². The SMILES string of the molecule is C/C=C(/CO)C(C)=O. The highest BCUT2D eigenvalue weighted by Crippen LogP contribution is 1.91. The minimum atomic E-state index is -0.147. The first-order valence-electron chi connectivity index (χ1n) is 2.49. The normalized spacial score (nSPS) is 11.6. The van der Waals surface area contributed by atoms with E-state index >= 15 is 0 Å². The fraction of sp³-hybridized carbons (Fsp3) is 0.500. The molecule has 8 heavy (non-hydrogen) atoms. The summed E-state index contributed by atoms with van der Waals surface area (Å²) < 4.78 is 0. The summed E-state index contributed by atoms with van der Waals surface area (Å²) in [5, 5.41) is 8.41. The molecule has 0 rings (SSSR count). The lowest BCUT2D eigenvalue weighted by molar-refractivity contribution is -0.114. The van der Waals surface area contributed by atoms with Gasteiger partial charge in [0.15, 0.2) is 5.78 Å². The van der Waals surface area contributed by atoms with E-state index in [0.29, 0.717) is 5.57 Å². The maximum absolute atomic E-state index is 10.4. The monoisotopic (exact) mass is 114 g/mol. The van der Waals surface area contributed by atoms with Crippen molar-refractivity contribution in [1.82, 2.24) is 0 Å². The zero-order valence-corrected chi connectivity index (χ0v) is 5.14. The minimum absolute atomic E-state index is 0.0602. The molecule has 0 unspecified atom stereocenters. The molecule has 0 aromatic carbocycles. The van der Waals surface area contributed by atoms with Crippen molar-refractivity contribution < 1.29 is 9.90 Å². The molecule has 0 heterocycles. The summed E-state index contributed by atoms with van der Waals surface area (Å²) in [4.78, 5) is 10.4. The smallest absolute Gasteiger partial charge is 0.157 e. The van der Waals surface area contributed by atoms with Crippen LogP contribution in [-0.2, 0) is 4.79 Å². The maximum atomic E-state index is 10.4. The molecule has 0 fully saturated rings. The van der Waals surface area contributed by atoms with Gasteiger partial charge in [0.25, 0.3) is 0 Å². The molecule has 0 saturated carbocycles. The zero-order valence-electron chi connectivity index (χ0n) is 5.14. The highest BCUT2D eigenvalue weighted by Gasteiger charge is 1.96. The molecule has 0 amide bonds. The lowest BCUT2D eigenvalue weighted by atomic mass is 10.2. The summed E-state index contributed by atoms with van der Waals surface area (Å²) >= 11 is 0. The molecule has 0 radical (unpaired) electrons. The third-order valence-corrected chi connectivity index (χ3v) is 0.971. The van der Waals surface area contributed by atoms with Gasteiger partial charge in [-0.05, 0) is 13.8 Å². The van der Waals surface area contributed by atoms with Gasteiger partial charge in [0.05, 0.1) is 6.61 Å². The number of allylic oxidation sites excluding steroid dienone is 1. The van der Waals surface area contributed by atoms with E-state index in [1.165, 1.54) is 6.92 Å². The van der Waals surface area contributed by atoms with Crippen molar-refractivity contribution >= 4 is 5.78 Å². The van der Waals surface area contributed by atoms with Gasteiger partial charge in [-0.2, -0.15) is 0 Å². The van der Waals surface area contributed by atoms with Crippen LogP contribution in [0.15, 0.2) is 11.6 Å². The topological polar surface area (TPSA) is 37.3 Å². The highest BCUT2D eigenvalue weighted by molar-refractivity contribution is 5.93. The second-order valence-corrected chi connectivity index (χ2v) is 1.53. The van der Waals surface area contributed by atoms with Gasteiger partial charge >= 0.3 is 0 Å². The Morgan fingerprint density at radius 2 is 2.25 bits per heavy atom. The first kappa shape index (κ1) is 7.37. The minimum Gasteiger partial charge on any atom is -0.392 e. The van der Waals surface area contributed by atoms with Crippen LogP contribution in [-0.4, -0.2) is 17.5 Å². The predicted molar refractivity (Wildman–Crippen MR) is 31.5 cm³/mol. The van der Waals surface area contributed by atoms with Crippen molar-refractivity contribution in [2.24, 2.45) is 0 Å². The highest BCUT2D eigenvalue weighted by atomic mass is 16.3. The van der Waals surface area contributed by atoms with E-state index in [4.69, 9.17) is 5.11 Å². The lowest BCUT2D eigenvalue weighted by Crippen LogP contribution is -1.99. The first-order valence-corrected chi connectivity index (χ1v) is 2.49. The summed E-state index contributed by atoms with van der Waals surface area (Å²) in [6, 6.07) is 0. The predicted octanol–water partition coefficient (Wildman–Crippen LogP) is 0.514. The molecule has 0 aliphatic carbocycles. The molecule has 1 N–H and O–H groups in total. The van der Waals surface area contributed by atoms with E-state index in [-0.39, 0.29) is 12.4 Å². The van der Waals surface area contributed by atoms with Crippen LogP contribution in [0.25, 0.3) is 0 Å². The Balaban J connectivity index is 3.92. The van der Waals surface area contributed by atoms with Gasteiger partial charge in [-0.15, -0.1) is 0 Å². The average Bonchev–Trinajstić information content (AvgIpc) is 1.69. The van der Waals surface area contributed by atoms with Crippen LogP contribution in [0, 0.1) is 0 Å². The number of aliphatic hydroxyl groups is 1. The molecule has 46 valence electrons. The molecule has 0 aliphatic rings. The van der Waals surface area contributed by atoms with Crippen LogP contribution < -0.4 is 0 Å². The number of ketones is 1. The van der Waals surface area contributed by atoms with E-state index in [1.54, 1.807) is 13.0 Å². The van der Waals surface area contributed by atoms with Crippen molar-refractivity contribution in [2.45, 2.75) is 13.8 Å². The van der Waals surface area contributed by atoms with Crippen molar-refractivity contribution in [3.05, 3.63) is 11.6 Å². The van der Waals surface area contributed by atoms with E-state index in [2.05, 4.69) is 0 Å². The van der Waals surface area contributed by atoms with E-state index < -0.39 is 0 Å². The number of Topliss-reactive ketones (excluding diaryl/α,β-unsaturated/α-hetero) is 1. The van der Waals surface area contributed by atoms with Crippen molar-refractivity contribution in [3.63, 3.8) is 0 Å². The molecule has 0 spiro atoms. The van der Waals surface area contributed by atoms with E-state index in [1.807, 2.05) is 0 Å². The molecular formula is C6H10O2. The number of carbonyl (C=O) groups is 1. The molecular weight excluding hydrogens is 104 g/mol. The summed E-state index contributed by atoms with van der Waals surface area (Å²) in [6.45, 7) is 3.02. The molecule has 2 nitrogen and oxygen atoms in total. The third-order valence-electron chi connectivity index (χ3n) is 0.971. The molecule has 0 aliphatic heterocycles. The van der Waals surface area contributed by atoms with Crippen LogP contribution in [0.2, 0.25) is 0 Å². The van der Waals surface area contributed by atoms with Crippen LogP contribution in [0.4, 0.5) is 0 Å². The van der Waals surface area contributed by atoms with Crippen molar-refractivity contribution in [2.75, 3.05) is 6.61 Å². The first-order chi connectivity index (χ1) is 3.72. The largest absolute Gasteiger partial charge is 0.392 e. The standard InChI is InChI=1S/C6H10O2/c1-3-6(4-7)5(2)8/h3,7H,4H2,1-2H3/b6-3-. The fourth-order valence-electron chi connectivity index (χ4n) is 0.406. The summed E-state index contributed by atoms with van der Waals surface area (Å²) in [5.41, 5.74) is 0.477. The van der Waals surface area contributed by atoms with Gasteiger partial charge in [-0.3, -0.25) is 4.79 Å². The molecule has 0 aromatic rings. The van der Waals surface area contributed by atoms with Gasteiger partial charge in [-0.25, -0.2) is 0 Å². The van der Waals surface area contributed by atoms with Crippen LogP contribution in [0.3, 0.4) is 0 Å². The number of rotatable bonds is 2. The number of carbonyl (C=O) groups excluding carboxylic acids is 1. The van der Waals surface area contributed by atoms with Gasteiger partial charge in [0.1, 0.15) is 0 Å². The van der Waals surface area contributed by atoms with Crippen LogP contribution in [0.5, 0.6) is 0 Å². The molecule has 0 saturated heterocycles. The maximum Gasteiger partial charge on any atom is 0.157 e. The Bertz CT molecular complexity index is 114. The summed E-state index contributed by atoms with van der Waals surface area (Å²) in [6.07, 6.45) is 1.61. The van der Waals surface area contributed by atoms with E-state index in [0.717, 1.165) is 0 Å². The van der Waals surface area contributed by atoms with Gasteiger partial charge in [0, 0.05) is 5.57 Å². The summed E-state index contributed by atoms with van der Waals surface area (Å²) in [5.74, 6) is -0.0602. The van der Waals surface area contributed by atoms with E-state index in [9.17, 15) is 4.79 Å². The fourth-order valence-corrected chi connectivity index (χ4v) is 0.406. The zero-order chi connectivity index (χ0) is 6.57. The molecule has 2 heteroatoms. The van der Waals surface area contributed by atoms with Crippen LogP contribution >= 0.6 is 0 Å². The average molecular weight is 114 g/mol. The Morgan fingerprint density at radius 1 is 1.75 bits per heavy atom. The third kappa shape index (κ3) is 1.89.